The molecule has 0 bridgehead atoms. The van der Waals surface area contributed by atoms with Crippen LogP contribution < -0.4 is 21.3 Å². The highest BCUT2D eigenvalue weighted by molar-refractivity contribution is 5.79. The zero-order chi connectivity index (χ0) is 26.7. The Labute approximate surface area is 212 Å². The van der Waals surface area contributed by atoms with Gasteiger partial charge in [0.1, 0.15) is 24.5 Å². The van der Waals surface area contributed by atoms with Crippen LogP contribution in [-0.2, 0) is 31.9 Å². The van der Waals surface area contributed by atoms with Crippen LogP contribution in [0.15, 0.2) is 64.2 Å². The van der Waals surface area contributed by atoms with Gasteiger partial charge in [-0.05, 0) is 30.2 Å². The van der Waals surface area contributed by atoms with Crippen molar-refractivity contribution in [3.05, 3.63) is 86.6 Å². The Kier molecular flexibility index (Phi) is 7.44. The first-order valence-corrected chi connectivity index (χ1v) is 11.7. The quantitative estimate of drug-likeness (QED) is 0.292. The highest BCUT2D eigenvalue weighted by atomic mass is 16.5. The monoisotopic (exact) mass is 507 g/mol. The third-order valence-electron chi connectivity index (χ3n) is 6.06. The number of hydrogen-bond acceptors (Lipinski definition) is 7. The van der Waals surface area contributed by atoms with Crippen LogP contribution in [-0.4, -0.2) is 53.6 Å². The van der Waals surface area contributed by atoms with Gasteiger partial charge in [0.25, 0.3) is 5.56 Å². The second kappa shape index (κ2) is 10.7. The summed E-state index contributed by atoms with van der Waals surface area (Å²) < 4.78 is 9.27. The van der Waals surface area contributed by atoms with Gasteiger partial charge in [0.15, 0.2) is 11.2 Å². The van der Waals surface area contributed by atoms with Gasteiger partial charge in [-0.1, -0.05) is 42.5 Å². The molecule has 0 aliphatic heterocycles. The smallest absolute Gasteiger partial charge is 0.332 e. The van der Waals surface area contributed by atoms with Gasteiger partial charge in [0, 0.05) is 20.5 Å². The predicted octanol–water partition coefficient (Wildman–Crippen LogP) is 1.29. The number of nitrogens with zero attached hydrogens (tertiary/aromatic N) is 4. The minimum atomic E-state index is -1.12. The third-order valence-corrected chi connectivity index (χ3v) is 6.06. The van der Waals surface area contributed by atoms with E-state index in [0.29, 0.717) is 5.75 Å². The van der Waals surface area contributed by atoms with Crippen LogP contribution in [0.25, 0.3) is 11.2 Å². The zero-order valence-electron chi connectivity index (χ0n) is 20.8. The molecule has 0 saturated heterocycles. The Morgan fingerprint density at radius 1 is 1.08 bits per heavy atom. The van der Waals surface area contributed by atoms with Gasteiger partial charge in [-0.2, -0.15) is 4.98 Å². The fourth-order valence-corrected chi connectivity index (χ4v) is 4.10. The lowest BCUT2D eigenvalue weighted by Crippen LogP contribution is -2.38. The van der Waals surface area contributed by atoms with E-state index in [0.717, 1.165) is 15.7 Å². The average Bonchev–Trinajstić information content (AvgIpc) is 3.23. The molecule has 0 saturated carbocycles. The molecule has 2 atom stereocenters. The van der Waals surface area contributed by atoms with E-state index in [1.165, 1.54) is 23.2 Å². The van der Waals surface area contributed by atoms with Crippen LogP contribution in [0, 0.1) is 6.92 Å². The van der Waals surface area contributed by atoms with Gasteiger partial charge in [-0.25, -0.2) is 9.59 Å². The number of imidazole rings is 1. The molecule has 0 fully saturated rings. The van der Waals surface area contributed by atoms with Gasteiger partial charge in [0.05, 0.1) is 6.54 Å². The summed E-state index contributed by atoms with van der Waals surface area (Å²) >= 11 is 0. The first-order valence-electron chi connectivity index (χ1n) is 11.7. The summed E-state index contributed by atoms with van der Waals surface area (Å²) in [7, 11) is 2.82. The van der Waals surface area contributed by atoms with Crippen LogP contribution in [0.2, 0.25) is 0 Å². The lowest BCUT2D eigenvalue weighted by Gasteiger charge is -2.19. The predicted molar refractivity (Wildman–Crippen MR) is 138 cm³/mol. The number of carboxylic acid groups (broad SMARTS) is 1. The number of aromatic nitrogens is 4. The normalized spacial score (nSPS) is 12.9. The van der Waals surface area contributed by atoms with Gasteiger partial charge in [-0.3, -0.25) is 13.9 Å². The number of rotatable bonds is 10. The van der Waals surface area contributed by atoms with E-state index in [2.05, 4.69) is 10.3 Å². The first kappa shape index (κ1) is 25.7. The van der Waals surface area contributed by atoms with Crippen molar-refractivity contribution in [2.45, 2.75) is 32.0 Å². The Hall–Kier alpha value is -4.38. The number of anilines is 1. The number of carboxylic acids is 1. The fraction of sp³-hybridized carbons (Fsp3) is 0.308. The van der Waals surface area contributed by atoms with Gasteiger partial charge < -0.3 is 24.8 Å². The lowest BCUT2D eigenvalue weighted by atomic mass is 10.1. The SMILES string of the molecule is Cc1cccc(OC[C@H](O)Cn2c(N[C@@H](Cc3ccccc3)C(=O)O)nc3c2c(=O)n(C)c(=O)n3C)c1. The molecule has 37 heavy (non-hydrogen) atoms. The standard InChI is InChI=1S/C26H29N5O6/c1-16-8-7-11-19(12-16)37-15-18(32)14-31-21-22(29(2)26(36)30(3)23(21)33)28-25(31)27-20(24(34)35)13-17-9-5-4-6-10-17/h4-12,18,20,32H,13-15H2,1-3H3,(H,27,28)(H,34,35)/t18-,20+/m1/s1. The van der Waals surface area contributed by atoms with Crippen LogP contribution in [0.4, 0.5) is 5.95 Å². The minimum Gasteiger partial charge on any atom is -0.491 e. The molecule has 2 aromatic carbocycles. The summed E-state index contributed by atoms with van der Waals surface area (Å²) in [5.41, 5.74) is 0.745. The van der Waals surface area contributed by atoms with Crippen molar-refractivity contribution in [1.82, 2.24) is 18.7 Å². The Morgan fingerprint density at radius 3 is 2.49 bits per heavy atom. The molecule has 0 aliphatic rings. The van der Waals surface area contributed by atoms with Crippen molar-refractivity contribution in [2.75, 3.05) is 11.9 Å². The maximum Gasteiger partial charge on any atom is 0.332 e. The summed E-state index contributed by atoms with van der Waals surface area (Å²) in [4.78, 5) is 42.1. The molecule has 2 aromatic heterocycles. The molecule has 0 unspecified atom stereocenters. The molecule has 4 rings (SSSR count). The summed E-state index contributed by atoms with van der Waals surface area (Å²) in [6.45, 7) is 1.71. The number of fused-ring (bicyclic) bond motifs is 1. The van der Waals surface area contributed by atoms with Crippen LogP contribution >= 0.6 is 0 Å². The van der Waals surface area contributed by atoms with Crippen LogP contribution in [0.1, 0.15) is 11.1 Å². The van der Waals surface area contributed by atoms with E-state index in [1.54, 1.807) is 6.07 Å². The van der Waals surface area contributed by atoms with Gasteiger partial charge in [0.2, 0.25) is 5.95 Å². The highest BCUT2D eigenvalue weighted by Gasteiger charge is 2.25. The maximum absolute atomic E-state index is 13.1. The molecule has 11 heteroatoms. The van der Waals surface area contributed by atoms with Gasteiger partial charge in [-0.15, -0.1) is 0 Å². The molecule has 4 aromatic rings. The van der Waals surface area contributed by atoms with Crippen molar-refractivity contribution in [1.29, 1.82) is 0 Å². The molecule has 0 spiro atoms. The van der Waals surface area contributed by atoms with E-state index in [4.69, 9.17) is 4.74 Å². The van der Waals surface area contributed by atoms with E-state index in [9.17, 15) is 24.6 Å². The topological polar surface area (TPSA) is 141 Å². The van der Waals surface area contributed by atoms with Crippen molar-refractivity contribution in [3.63, 3.8) is 0 Å². The van der Waals surface area contributed by atoms with E-state index in [1.807, 2.05) is 55.5 Å². The summed E-state index contributed by atoms with van der Waals surface area (Å²) in [6, 6.07) is 15.4. The summed E-state index contributed by atoms with van der Waals surface area (Å²) in [5, 5.41) is 23.6. The van der Waals surface area contributed by atoms with Crippen molar-refractivity contribution in [2.24, 2.45) is 14.1 Å². The second-order valence-electron chi connectivity index (χ2n) is 8.93. The molecular formula is C26H29N5O6. The van der Waals surface area contributed by atoms with E-state index >= 15 is 0 Å². The number of aliphatic hydroxyl groups is 1. The van der Waals surface area contributed by atoms with Crippen molar-refractivity contribution < 1.29 is 19.7 Å². The molecular weight excluding hydrogens is 478 g/mol. The first-order chi connectivity index (χ1) is 17.7. The molecule has 0 aliphatic carbocycles. The van der Waals surface area contributed by atoms with Crippen molar-refractivity contribution >= 4 is 23.1 Å². The zero-order valence-corrected chi connectivity index (χ0v) is 20.8. The number of nitrogens with one attached hydrogen (secondary N) is 1. The van der Waals surface area contributed by atoms with Crippen LogP contribution in [0.5, 0.6) is 5.75 Å². The molecule has 2 heterocycles. The Bertz CT molecular complexity index is 1540. The number of hydrogen-bond donors (Lipinski definition) is 3. The number of carbonyl (C=O) groups is 1. The van der Waals surface area contributed by atoms with Crippen LogP contribution in [0.3, 0.4) is 0 Å². The number of aryl methyl sites for hydroxylation is 2. The maximum atomic E-state index is 13.1. The van der Waals surface area contributed by atoms with Crippen molar-refractivity contribution in [3.8, 4) is 5.75 Å². The minimum absolute atomic E-state index is 0.0474. The van der Waals surface area contributed by atoms with Gasteiger partial charge >= 0.3 is 11.7 Å². The average molecular weight is 508 g/mol. The summed E-state index contributed by atoms with van der Waals surface area (Å²) in [5.74, 6) is -0.487. The van der Waals surface area contributed by atoms with E-state index < -0.39 is 29.4 Å². The second-order valence-corrected chi connectivity index (χ2v) is 8.93. The Balaban J connectivity index is 1.70. The lowest BCUT2D eigenvalue weighted by molar-refractivity contribution is -0.137. The fourth-order valence-electron chi connectivity index (χ4n) is 4.10. The molecule has 194 valence electrons. The molecule has 0 amide bonds. The number of aliphatic carboxylic acids is 1. The molecule has 11 nitrogen and oxygen atoms in total. The molecule has 0 radical (unpaired) electrons. The third kappa shape index (κ3) is 5.56. The molecule has 3 N–H and O–H groups in total. The highest BCUT2D eigenvalue weighted by Crippen LogP contribution is 2.19. The largest absolute Gasteiger partial charge is 0.491 e. The van der Waals surface area contributed by atoms with E-state index in [-0.39, 0.29) is 36.7 Å². The number of benzene rings is 2. The summed E-state index contributed by atoms with van der Waals surface area (Å²) in [6.07, 6.45) is -0.923. The number of aliphatic hydroxyl groups excluding tert-OH is 1. The Morgan fingerprint density at radius 2 is 1.81 bits per heavy atom. The number of ether oxygens (including phenoxy) is 1.